The summed E-state index contributed by atoms with van der Waals surface area (Å²) in [6, 6.07) is 9.59. The van der Waals surface area contributed by atoms with E-state index in [1.807, 2.05) is 24.3 Å². The Labute approximate surface area is 65.0 Å². The van der Waals surface area contributed by atoms with Crippen molar-refractivity contribution in [2.24, 2.45) is 0 Å². The van der Waals surface area contributed by atoms with Crippen LogP contribution in [0.5, 0.6) is 0 Å². The molecule has 0 saturated carbocycles. The average Bonchev–Trinajstić information content (AvgIpc) is 2.87. The molecule has 0 spiro atoms. The Morgan fingerprint density at radius 3 is 2.45 bits per heavy atom. The van der Waals surface area contributed by atoms with E-state index in [9.17, 15) is 0 Å². The van der Waals surface area contributed by atoms with E-state index in [4.69, 9.17) is 10.00 Å². The number of nitrogens with zero attached hydrogens (tertiary/aromatic N) is 1. The summed E-state index contributed by atoms with van der Waals surface area (Å²) in [6.45, 7) is 0.825. The van der Waals surface area contributed by atoms with Crippen molar-refractivity contribution < 1.29 is 4.74 Å². The van der Waals surface area contributed by atoms with Gasteiger partial charge in [-0.2, -0.15) is 5.26 Å². The van der Waals surface area contributed by atoms with Gasteiger partial charge in [-0.1, -0.05) is 12.1 Å². The minimum absolute atomic E-state index is 0.294. The number of hydrogen-bond acceptors (Lipinski definition) is 2. The van der Waals surface area contributed by atoms with Crippen molar-refractivity contribution in [1.29, 1.82) is 5.26 Å². The molecule has 0 N–H and O–H groups in total. The fourth-order valence-electron chi connectivity index (χ4n) is 1.01. The van der Waals surface area contributed by atoms with Gasteiger partial charge < -0.3 is 4.74 Å². The maximum absolute atomic E-state index is 8.50. The van der Waals surface area contributed by atoms with Gasteiger partial charge >= 0.3 is 0 Å². The van der Waals surface area contributed by atoms with Crippen LogP contribution in [0.1, 0.15) is 17.2 Å². The summed E-state index contributed by atoms with van der Waals surface area (Å²) in [5.41, 5.74) is 1.87. The second kappa shape index (κ2) is 2.37. The first-order chi connectivity index (χ1) is 5.40. The molecular formula is C9H7NO. The van der Waals surface area contributed by atoms with Crippen molar-refractivity contribution in [3.63, 3.8) is 0 Å². The van der Waals surface area contributed by atoms with Gasteiger partial charge in [0.2, 0.25) is 0 Å². The van der Waals surface area contributed by atoms with Crippen molar-refractivity contribution >= 4 is 0 Å². The molecule has 1 atom stereocenters. The molecule has 0 aromatic heterocycles. The summed E-state index contributed by atoms with van der Waals surface area (Å²) < 4.78 is 5.09. The Balaban J connectivity index is 2.27. The lowest BCUT2D eigenvalue weighted by Crippen LogP contribution is -1.80. The Morgan fingerprint density at radius 1 is 1.36 bits per heavy atom. The van der Waals surface area contributed by atoms with Gasteiger partial charge in [0.05, 0.1) is 18.2 Å². The highest BCUT2D eigenvalue weighted by molar-refractivity contribution is 5.33. The highest BCUT2D eigenvalue weighted by atomic mass is 16.6. The monoisotopic (exact) mass is 145 g/mol. The van der Waals surface area contributed by atoms with Gasteiger partial charge in [0.1, 0.15) is 6.10 Å². The summed E-state index contributed by atoms with van der Waals surface area (Å²) in [7, 11) is 0. The normalized spacial score (nSPS) is 20.8. The first-order valence-electron chi connectivity index (χ1n) is 3.52. The summed E-state index contributed by atoms with van der Waals surface area (Å²) in [5, 5.41) is 8.50. The van der Waals surface area contributed by atoms with Crippen LogP contribution in [0.4, 0.5) is 0 Å². The molecule has 1 aromatic carbocycles. The molecule has 1 saturated heterocycles. The molecule has 2 heteroatoms. The Hall–Kier alpha value is -1.33. The van der Waals surface area contributed by atoms with Gasteiger partial charge in [0.25, 0.3) is 0 Å². The zero-order valence-corrected chi connectivity index (χ0v) is 5.95. The minimum atomic E-state index is 0.294. The summed E-state index contributed by atoms with van der Waals surface area (Å²) in [4.78, 5) is 0. The maximum atomic E-state index is 8.50. The van der Waals surface area contributed by atoms with Gasteiger partial charge in [-0.05, 0) is 17.7 Å². The lowest BCUT2D eigenvalue weighted by Gasteiger charge is -1.93. The van der Waals surface area contributed by atoms with E-state index in [0.717, 1.165) is 6.61 Å². The van der Waals surface area contributed by atoms with Crippen molar-refractivity contribution in [2.45, 2.75) is 6.10 Å². The molecule has 0 bridgehead atoms. The molecule has 2 rings (SSSR count). The third kappa shape index (κ3) is 1.24. The zero-order chi connectivity index (χ0) is 7.68. The SMILES string of the molecule is N#Cc1ccc(C2CO2)cc1. The van der Waals surface area contributed by atoms with Crippen LogP contribution in [0, 0.1) is 11.3 Å². The highest BCUT2D eigenvalue weighted by Gasteiger charge is 2.23. The van der Waals surface area contributed by atoms with Crippen LogP contribution in [0.15, 0.2) is 24.3 Å². The van der Waals surface area contributed by atoms with Crippen molar-refractivity contribution in [1.82, 2.24) is 0 Å². The molecule has 1 unspecified atom stereocenters. The van der Waals surface area contributed by atoms with Crippen LogP contribution >= 0.6 is 0 Å². The van der Waals surface area contributed by atoms with Crippen molar-refractivity contribution in [3.8, 4) is 6.07 Å². The van der Waals surface area contributed by atoms with Gasteiger partial charge in [-0.25, -0.2) is 0 Å². The topological polar surface area (TPSA) is 36.3 Å². The smallest absolute Gasteiger partial charge is 0.106 e. The van der Waals surface area contributed by atoms with Crippen LogP contribution in [0.2, 0.25) is 0 Å². The van der Waals surface area contributed by atoms with E-state index in [1.165, 1.54) is 5.56 Å². The molecule has 1 heterocycles. The second-order valence-corrected chi connectivity index (χ2v) is 2.56. The summed E-state index contributed by atoms with van der Waals surface area (Å²) >= 11 is 0. The maximum Gasteiger partial charge on any atom is 0.106 e. The highest BCUT2D eigenvalue weighted by Crippen LogP contribution is 2.29. The zero-order valence-electron chi connectivity index (χ0n) is 5.95. The van der Waals surface area contributed by atoms with Gasteiger partial charge in [0.15, 0.2) is 0 Å². The first-order valence-corrected chi connectivity index (χ1v) is 3.52. The largest absolute Gasteiger partial charge is 0.368 e. The Kier molecular flexibility index (Phi) is 1.38. The molecule has 0 amide bonds. The summed E-state index contributed by atoms with van der Waals surface area (Å²) in [5.74, 6) is 0. The molecule has 54 valence electrons. The number of benzene rings is 1. The first kappa shape index (κ1) is 6.38. The third-order valence-electron chi connectivity index (χ3n) is 1.74. The molecule has 0 aliphatic carbocycles. The van der Waals surface area contributed by atoms with Gasteiger partial charge in [-0.3, -0.25) is 0 Å². The number of rotatable bonds is 1. The molecule has 0 radical (unpaired) electrons. The third-order valence-corrected chi connectivity index (χ3v) is 1.74. The number of hydrogen-bond donors (Lipinski definition) is 0. The molecule has 1 aliphatic rings. The fourth-order valence-corrected chi connectivity index (χ4v) is 1.01. The molecule has 1 aliphatic heterocycles. The number of ether oxygens (including phenoxy) is 1. The predicted molar refractivity (Wildman–Crippen MR) is 39.9 cm³/mol. The van der Waals surface area contributed by atoms with Crippen LogP contribution in [-0.4, -0.2) is 6.61 Å². The number of epoxide rings is 1. The van der Waals surface area contributed by atoms with Crippen LogP contribution in [-0.2, 0) is 4.74 Å². The lowest BCUT2D eigenvalue weighted by molar-refractivity contribution is 0.415. The Bertz CT molecular complexity index is 292. The quantitative estimate of drug-likeness (QED) is 0.563. The van der Waals surface area contributed by atoms with Gasteiger partial charge in [0, 0.05) is 0 Å². The molecule has 1 fully saturated rings. The summed E-state index contributed by atoms with van der Waals surface area (Å²) in [6.07, 6.45) is 0.294. The van der Waals surface area contributed by atoms with E-state index in [0.29, 0.717) is 11.7 Å². The van der Waals surface area contributed by atoms with Crippen LogP contribution in [0.25, 0.3) is 0 Å². The Morgan fingerprint density at radius 2 is 2.00 bits per heavy atom. The van der Waals surface area contributed by atoms with Crippen molar-refractivity contribution in [2.75, 3.05) is 6.61 Å². The van der Waals surface area contributed by atoms with Crippen molar-refractivity contribution in [3.05, 3.63) is 35.4 Å². The molecule has 1 aromatic rings. The van der Waals surface area contributed by atoms with E-state index < -0.39 is 0 Å². The average molecular weight is 145 g/mol. The lowest BCUT2D eigenvalue weighted by atomic mass is 10.1. The standard InChI is InChI=1S/C9H7NO/c10-5-7-1-3-8(4-2-7)9-6-11-9/h1-4,9H,6H2. The van der Waals surface area contributed by atoms with E-state index in [1.54, 1.807) is 0 Å². The second-order valence-electron chi connectivity index (χ2n) is 2.56. The van der Waals surface area contributed by atoms with Crippen LogP contribution in [0.3, 0.4) is 0 Å². The minimum Gasteiger partial charge on any atom is -0.368 e. The number of nitriles is 1. The predicted octanol–water partition coefficient (Wildman–Crippen LogP) is 1.63. The van der Waals surface area contributed by atoms with Crippen LogP contribution < -0.4 is 0 Å². The van der Waals surface area contributed by atoms with E-state index in [2.05, 4.69) is 6.07 Å². The molecule has 11 heavy (non-hydrogen) atoms. The van der Waals surface area contributed by atoms with E-state index >= 15 is 0 Å². The molecular weight excluding hydrogens is 138 g/mol. The molecule has 2 nitrogen and oxygen atoms in total. The van der Waals surface area contributed by atoms with E-state index in [-0.39, 0.29) is 0 Å². The fraction of sp³-hybridized carbons (Fsp3) is 0.222. The van der Waals surface area contributed by atoms with Gasteiger partial charge in [-0.15, -0.1) is 0 Å².